The van der Waals surface area contributed by atoms with Crippen molar-refractivity contribution < 1.29 is 19.0 Å². The fourth-order valence-electron chi connectivity index (χ4n) is 4.33. The number of nitrogens with zero attached hydrogens (tertiary/aromatic N) is 6. The molecule has 0 aliphatic carbocycles. The van der Waals surface area contributed by atoms with Crippen LogP contribution in [0.5, 0.6) is 11.8 Å². The van der Waals surface area contributed by atoms with E-state index in [-0.39, 0.29) is 36.3 Å². The van der Waals surface area contributed by atoms with Crippen LogP contribution in [0.1, 0.15) is 6.04 Å². The normalized spacial score (nSPS) is 23.1. The van der Waals surface area contributed by atoms with Gasteiger partial charge in [0, 0.05) is 23.8 Å². The molecule has 0 bridgehead atoms. The molecule has 2 amide bonds. The second-order valence-electron chi connectivity index (χ2n) is 8.21. The SMILES string of the molecule is O=C(Nc1ccccc1)N[C@H]1CO[C@H]2[C@@H]1OC[C@@H]2n1nnnc1Oc1ccc(-n2ccnc2)cc1. The van der Waals surface area contributed by atoms with Crippen LogP contribution in [0, 0.1) is 0 Å². The molecule has 12 heteroatoms. The van der Waals surface area contributed by atoms with Gasteiger partial charge in [-0.3, -0.25) is 0 Å². The fraction of sp³-hybridized carbons (Fsp3) is 0.261. The molecule has 35 heavy (non-hydrogen) atoms. The van der Waals surface area contributed by atoms with Gasteiger partial charge in [0.15, 0.2) is 0 Å². The number of anilines is 1. The Labute approximate surface area is 199 Å². The van der Waals surface area contributed by atoms with Crippen molar-refractivity contribution >= 4 is 11.7 Å². The number of urea groups is 1. The molecule has 0 unspecified atom stereocenters. The first-order valence-corrected chi connectivity index (χ1v) is 11.1. The third-order valence-corrected chi connectivity index (χ3v) is 6.00. The number of aromatic nitrogens is 6. The second-order valence-corrected chi connectivity index (χ2v) is 8.21. The first kappa shape index (κ1) is 21.3. The molecule has 2 aliphatic heterocycles. The van der Waals surface area contributed by atoms with Crippen molar-refractivity contribution in [1.29, 1.82) is 0 Å². The van der Waals surface area contributed by atoms with E-state index in [0.717, 1.165) is 5.69 Å². The van der Waals surface area contributed by atoms with Crippen molar-refractivity contribution in [2.24, 2.45) is 0 Å². The third kappa shape index (κ3) is 4.32. The number of carbonyl (C=O) groups is 1. The summed E-state index contributed by atoms with van der Waals surface area (Å²) >= 11 is 0. The van der Waals surface area contributed by atoms with Crippen molar-refractivity contribution in [2.45, 2.75) is 24.3 Å². The number of benzene rings is 2. The Morgan fingerprint density at radius 1 is 1.03 bits per heavy atom. The van der Waals surface area contributed by atoms with Crippen LogP contribution >= 0.6 is 0 Å². The third-order valence-electron chi connectivity index (χ3n) is 6.00. The lowest BCUT2D eigenvalue weighted by Crippen LogP contribution is -2.45. The smallest absolute Gasteiger partial charge is 0.341 e. The van der Waals surface area contributed by atoms with Gasteiger partial charge in [0.1, 0.15) is 24.0 Å². The van der Waals surface area contributed by atoms with E-state index in [9.17, 15) is 4.79 Å². The Morgan fingerprint density at radius 2 is 1.86 bits per heavy atom. The van der Waals surface area contributed by atoms with Crippen LogP contribution in [0.25, 0.3) is 5.69 Å². The highest BCUT2D eigenvalue weighted by molar-refractivity contribution is 5.89. The first-order valence-electron chi connectivity index (χ1n) is 11.1. The molecule has 2 N–H and O–H groups in total. The van der Waals surface area contributed by atoms with E-state index < -0.39 is 0 Å². The predicted octanol–water partition coefficient (Wildman–Crippen LogP) is 2.18. The highest BCUT2D eigenvalue weighted by Gasteiger charge is 2.50. The van der Waals surface area contributed by atoms with Gasteiger partial charge in [-0.05, 0) is 46.8 Å². The molecule has 0 spiro atoms. The molecule has 4 aromatic rings. The number of rotatable bonds is 6. The number of nitrogens with one attached hydrogen (secondary N) is 2. The van der Waals surface area contributed by atoms with Gasteiger partial charge in [0.25, 0.3) is 0 Å². The van der Waals surface area contributed by atoms with Gasteiger partial charge in [0.2, 0.25) is 0 Å². The van der Waals surface area contributed by atoms with E-state index in [0.29, 0.717) is 24.7 Å². The summed E-state index contributed by atoms with van der Waals surface area (Å²) in [5.74, 6) is 0.588. The molecule has 0 saturated carbocycles. The molecule has 2 fully saturated rings. The summed E-state index contributed by atoms with van der Waals surface area (Å²) in [6.45, 7) is 0.650. The van der Waals surface area contributed by atoms with Gasteiger partial charge < -0.3 is 29.4 Å². The zero-order valence-corrected chi connectivity index (χ0v) is 18.5. The van der Waals surface area contributed by atoms with Crippen molar-refractivity contribution in [1.82, 2.24) is 35.1 Å². The summed E-state index contributed by atoms with van der Waals surface area (Å²) in [4.78, 5) is 16.5. The summed E-state index contributed by atoms with van der Waals surface area (Å²) in [5.41, 5.74) is 1.66. The van der Waals surface area contributed by atoms with Gasteiger partial charge in [-0.25, -0.2) is 9.78 Å². The van der Waals surface area contributed by atoms with E-state index in [1.54, 1.807) is 17.2 Å². The van der Waals surface area contributed by atoms with E-state index in [2.05, 4.69) is 31.1 Å². The van der Waals surface area contributed by atoms with E-state index >= 15 is 0 Å². The second kappa shape index (κ2) is 9.16. The molecular weight excluding hydrogens is 452 g/mol. The number of hydrogen-bond acceptors (Lipinski definition) is 8. The van der Waals surface area contributed by atoms with E-state index in [1.807, 2.05) is 65.4 Å². The van der Waals surface area contributed by atoms with Crippen molar-refractivity contribution in [3.8, 4) is 17.4 Å². The number of imidazole rings is 1. The molecule has 178 valence electrons. The fourth-order valence-corrected chi connectivity index (χ4v) is 4.33. The van der Waals surface area contributed by atoms with Crippen LogP contribution in [0.4, 0.5) is 10.5 Å². The lowest BCUT2D eigenvalue weighted by molar-refractivity contribution is 0.0613. The Kier molecular flexibility index (Phi) is 5.56. The maximum Gasteiger partial charge on any atom is 0.341 e. The highest BCUT2D eigenvalue weighted by Crippen LogP contribution is 2.36. The lowest BCUT2D eigenvalue weighted by Gasteiger charge is -2.18. The van der Waals surface area contributed by atoms with Crippen molar-refractivity contribution in [3.63, 3.8) is 0 Å². The summed E-state index contributed by atoms with van der Waals surface area (Å²) in [6.07, 6.45) is 4.65. The van der Waals surface area contributed by atoms with Crippen LogP contribution in [0.15, 0.2) is 73.3 Å². The Balaban J connectivity index is 1.10. The van der Waals surface area contributed by atoms with Gasteiger partial charge >= 0.3 is 12.0 Å². The predicted molar refractivity (Wildman–Crippen MR) is 122 cm³/mol. The maximum atomic E-state index is 12.4. The van der Waals surface area contributed by atoms with Gasteiger partial charge in [-0.1, -0.05) is 23.3 Å². The molecule has 2 aromatic carbocycles. The molecule has 2 aromatic heterocycles. The quantitative estimate of drug-likeness (QED) is 0.435. The number of hydrogen-bond donors (Lipinski definition) is 2. The number of fused-ring (bicyclic) bond motifs is 1. The highest BCUT2D eigenvalue weighted by atomic mass is 16.6. The van der Waals surface area contributed by atoms with Crippen LogP contribution < -0.4 is 15.4 Å². The Hall–Kier alpha value is -4.29. The molecule has 4 heterocycles. The topological polar surface area (TPSA) is 130 Å². The van der Waals surface area contributed by atoms with Crippen molar-refractivity contribution in [3.05, 3.63) is 73.3 Å². The van der Waals surface area contributed by atoms with Crippen molar-refractivity contribution in [2.75, 3.05) is 18.5 Å². The maximum absolute atomic E-state index is 12.4. The molecule has 2 aliphatic rings. The number of carbonyl (C=O) groups excluding carboxylic acids is 1. The monoisotopic (exact) mass is 474 g/mol. The minimum Gasteiger partial charge on any atom is -0.423 e. The number of ether oxygens (including phenoxy) is 3. The summed E-state index contributed by atoms with van der Waals surface area (Å²) in [6, 6.07) is 16.1. The molecule has 2 saturated heterocycles. The molecular formula is C23H22N8O4. The van der Waals surface area contributed by atoms with Crippen LogP contribution in [-0.2, 0) is 9.47 Å². The van der Waals surface area contributed by atoms with Gasteiger partial charge in [-0.15, -0.1) is 0 Å². The summed E-state index contributed by atoms with van der Waals surface area (Å²) < 4.78 is 21.4. The average molecular weight is 474 g/mol. The summed E-state index contributed by atoms with van der Waals surface area (Å²) in [5, 5.41) is 17.7. The first-order chi connectivity index (χ1) is 17.2. The molecule has 0 radical (unpaired) electrons. The number of para-hydroxylation sites is 1. The van der Waals surface area contributed by atoms with Gasteiger partial charge in [0.05, 0.1) is 25.6 Å². The Bertz CT molecular complexity index is 1280. The minimum atomic E-state index is -0.327. The average Bonchev–Trinajstić information content (AvgIpc) is 3.67. The molecule has 12 nitrogen and oxygen atoms in total. The molecule has 6 rings (SSSR count). The summed E-state index contributed by atoms with van der Waals surface area (Å²) in [7, 11) is 0. The molecule has 4 atom stereocenters. The zero-order chi connectivity index (χ0) is 23.6. The van der Waals surface area contributed by atoms with E-state index in [4.69, 9.17) is 14.2 Å². The number of amides is 2. The van der Waals surface area contributed by atoms with E-state index in [1.165, 1.54) is 0 Å². The standard InChI is InChI=1S/C23H22N8O4/c32-22(25-15-4-2-1-3-5-15)26-18-12-33-21-19(13-34-20(18)21)31-23(27-28-29-31)35-17-8-6-16(7-9-17)30-11-10-24-14-30/h1-11,14,18-21H,12-13H2,(H2,25,26,32)/t18-,19-,20+,21+/m0/s1. The van der Waals surface area contributed by atoms with Crippen LogP contribution in [-0.4, -0.2) is 67.3 Å². The Morgan fingerprint density at radius 3 is 2.66 bits per heavy atom. The number of tetrazole rings is 1. The van der Waals surface area contributed by atoms with Gasteiger partial charge in [-0.2, -0.15) is 4.68 Å². The minimum absolute atomic E-state index is 0.233. The zero-order valence-electron chi connectivity index (χ0n) is 18.5. The largest absolute Gasteiger partial charge is 0.423 e. The lowest BCUT2D eigenvalue weighted by atomic mass is 10.1. The van der Waals surface area contributed by atoms with Crippen LogP contribution in [0.3, 0.4) is 0 Å². The van der Waals surface area contributed by atoms with Crippen LogP contribution in [0.2, 0.25) is 0 Å².